The van der Waals surface area contributed by atoms with Crippen LogP contribution in [-0.4, -0.2) is 22.9 Å². The van der Waals surface area contributed by atoms with Gasteiger partial charge in [0, 0.05) is 6.61 Å². The third-order valence-corrected chi connectivity index (χ3v) is 2.23. The van der Waals surface area contributed by atoms with E-state index < -0.39 is 6.10 Å². The molecular weight excluding hydrogens is 164 g/mol. The average molecular weight is 186 g/mol. The van der Waals surface area contributed by atoms with Gasteiger partial charge in [-0.05, 0) is 25.2 Å². The molecule has 78 valence electrons. The molecule has 2 atom stereocenters. The highest BCUT2D eigenvalue weighted by Crippen LogP contribution is 2.22. The SMILES string of the molecule is CC(C)/C(=C\[C@H](C)O)[C@H](C)CCO. The Morgan fingerprint density at radius 2 is 1.77 bits per heavy atom. The van der Waals surface area contributed by atoms with Crippen LogP contribution < -0.4 is 0 Å². The van der Waals surface area contributed by atoms with Crippen molar-refractivity contribution in [3.63, 3.8) is 0 Å². The van der Waals surface area contributed by atoms with Crippen molar-refractivity contribution in [3.05, 3.63) is 11.6 Å². The lowest BCUT2D eigenvalue weighted by molar-refractivity contribution is 0.238. The summed E-state index contributed by atoms with van der Waals surface area (Å²) in [6.07, 6.45) is 2.28. The van der Waals surface area contributed by atoms with Gasteiger partial charge < -0.3 is 10.2 Å². The number of rotatable bonds is 5. The number of aliphatic hydroxyl groups is 2. The van der Waals surface area contributed by atoms with Crippen LogP contribution in [0, 0.1) is 11.8 Å². The highest BCUT2D eigenvalue weighted by molar-refractivity contribution is 5.10. The molecule has 2 heteroatoms. The lowest BCUT2D eigenvalue weighted by atomic mass is 9.88. The first-order chi connectivity index (χ1) is 5.99. The summed E-state index contributed by atoms with van der Waals surface area (Å²) in [6, 6.07) is 0. The van der Waals surface area contributed by atoms with E-state index in [-0.39, 0.29) is 6.61 Å². The molecule has 0 saturated heterocycles. The summed E-state index contributed by atoms with van der Waals surface area (Å²) in [7, 11) is 0. The summed E-state index contributed by atoms with van der Waals surface area (Å²) in [5.74, 6) is 0.802. The molecule has 0 rings (SSSR count). The van der Waals surface area contributed by atoms with E-state index in [0.29, 0.717) is 11.8 Å². The first-order valence-corrected chi connectivity index (χ1v) is 4.99. The Hall–Kier alpha value is -0.340. The van der Waals surface area contributed by atoms with Gasteiger partial charge in [-0.15, -0.1) is 0 Å². The Kier molecular flexibility index (Phi) is 6.00. The largest absolute Gasteiger partial charge is 0.396 e. The Balaban J connectivity index is 4.41. The van der Waals surface area contributed by atoms with Crippen LogP contribution in [0.25, 0.3) is 0 Å². The number of allylic oxidation sites excluding steroid dienone is 1. The highest BCUT2D eigenvalue weighted by Gasteiger charge is 2.12. The Bertz CT molecular complexity index is 159. The molecular formula is C11H22O2. The summed E-state index contributed by atoms with van der Waals surface area (Å²) in [6.45, 7) is 8.29. The highest BCUT2D eigenvalue weighted by atomic mass is 16.3. The minimum absolute atomic E-state index is 0.213. The van der Waals surface area contributed by atoms with E-state index in [4.69, 9.17) is 5.11 Å². The molecule has 0 aromatic rings. The summed E-state index contributed by atoms with van der Waals surface area (Å²) in [5.41, 5.74) is 1.24. The molecule has 0 aromatic heterocycles. The zero-order chi connectivity index (χ0) is 10.4. The van der Waals surface area contributed by atoms with Crippen LogP contribution in [0.4, 0.5) is 0 Å². The maximum Gasteiger partial charge on any atom is 0.0695 e. The Morgan fingerprint density at radius 3 is 2.08 bits per heavy atom. The van der Waals surface area contributed by atoms with E-state index in [1.807, 2.05) is 6.08 Å². The van der Waals surface area contributed by atoms with Gasteiger partial charge in [-0.1, -0.05) is 32.4 Å². The average Bonchev–Trinajstić information content (AvgIpc) is 1.99. The van der Waals surface area contributed by atoms with Crippen LogP contribution in [0.1, 0.15) is 34.1 Å². The molecule has 0 bridgehead atoms. The molecule has 0 aliphatic carbocycles. The fraction of sp³-hybridized carbons (Fsp3) is 0.818. The first kappa shape index (κ1) is 12.7. The van der Waals surface area contributed by atoms with Gasteiger partial charge in [0.25, 0.3) is 0 Å². The minimum Gasteiger partial charge on any atom is -0.396 e. The lowest BCUT2D eigenvalue weighted by Gasteiger charge is -2.19. The van der Waals surface area contributed by atoms with Crippen molar-refractivity contribution in [1.29, 1.82) is 0 Å². The fourth-order valence-electron chi connectivity index (χ4n) is 1.56. The molecule has 0 amide bonds. The zero-order valence-electron chi connectivity index (χ0n) is 9.12. The van der Waals surface area contributed by atoms with Crippen molar-refractivity contribution in [3.8, 4) is 0 Å². The van der Waals surface area contributed by atoms with E-state index in [9.17, 15) is 5.11 Å². The van der Waals surface area contributed by atoms with Crippen LogP contribution in [0.15, 0.2) is 11.6 Å². The molecule has 0 spiro atoms. The second kappa shape index (κ2) is 6.17. The maximum atomic E-state index is 9.25. The topological polar surface area (TPSA) is 40.5 Å². The van der Waals surface area contributed by atoms with Gasteiger partial charge in [-0.3, -0.25) is 0 Å². The van der Waals surface area contributed by atoms with Gasteiger partial charge in [-0.25, -0.2) is 0 Å². The summed E-state index contributed by atoms with van der Waals surface area (Å²) in [4.78, 5) is 0. The third kappa shape index (κ3) is 5.06. The van der Waals surface area contributed by atoms with E-state index in [1.165, 1.54) is 5.57 Å². The maximum absolute atomic E-state index is 9.25. The first-order valence-electron chi connectivity index (χ1n) is 4.99. The van der Waals surface area contributed by atoms with Gasteiger partial charge in [-0.2, -0.15) is 0 Å². The monoisotopic (exact) mass is 186 g/mol. The van der Waals surface area contributed by atoms with Gasteiger partial charge in [0.2, 0.25) is 0 Å². The molecule has 0 aromatic carbocycles. The van der Waals surface area contributed by atoms with Crippen LogP contribution >= 0.6 is 0 Å². The molecule has 0 fully saturated rings. The summed E-state index contributed by atoms with van der Waals surface area (Å²) in [5, 5.41) is 18.1. The standard InChI is InChI=1S/C11H22O2/c1-8(2)11(7-10(4)13)9(3)5-6-12/h7-10,12-13H,5-6H2,1-4H3/b11-7+/t9-,10+/m1/s1. The normalized spacial score (nSPS) is 17.6. The molecule has 0 heterocycles. The third-order valence-electron chi connectivity index (χ3n) is 2.23. The molecule has 0 aliphatic heterocycles. The zero-order valence-corrected chi connectivity index (χ0v) is 9.12. The predicted molar refractivity (Wildman–Crippen MR) is 55.5 cm³/mol. The van der Waals surface area contributed by atoms with Crippen LogP contribution in [0.3, 0.4) is 0 Å². The number of aliphatic hydroxyl groups excluding tert-OH is 2. The van der Waals surface area contributed by atoms with Crippen LogP contribution in [-0.2, 0) is 0 Å². The van der Waals surface area contributed by atoms with Crippen LogP contribution in [0.2, 0.25) is 0 Å². The molecule has 2 N–H and O–H groups in total. The molecule has 0 saturated carbocycles. The Labute approximate surface area is 81.3 Å². The van der Waals surface area contributed by atoms with E-state index in [2.05, 4.69) is 20.8 Å². The van der Waals surface area contributed by atoms with Crippen molar-refractivity contribution in [2.24, 2.45) is 11.8 Å². The van der Waals surface area contributed by atoms with Gasteiger partial charge in [0.05, 0.1) is 6.10 Å². The van der Waals surface area contributed by atoms with E-state index in [0.717, 1.165) is 6.42 Å². The van der Waals surface area contributed by atoms with Crippen LogP contribution in [0.5, 0.6) is 0 Å². The predicted octanol–water partition coefficient (Wildman–Crippen LogP) is 1.97. The summed E-state index contributed by atoms with van der Waals surface area (Å²) >= 11 is 0. The molecule has 13 heavy (non-hydrogen) atoms. The van der Waals surface area contributed by atoms with Crippen molar-refractivity contribution in [1.82, 2.24) is 0 Å². The quantitative estimate of drug-likeness (QED) is 0.644. The number of hydrogen-bond acceptors (Lipinski definition) is 2. The van der Waals surface area contributed by atoms with Crippen molar-refractivity contribution >= 4 is 0 Å². The fourth-order valence-corrected chi connectivity index (χ4v) is 1.56. The molecule has 0 aliphatic rings. The van der Waals surface area contributed by atoms with E-state index in [1.54, 1.807) is 6.92 Å². The second-order valence-corrected chi connectivity index (χ2v) is 3.98. The van der Waals surface area contributed by atoms with Gasteiger partial charge in [0.1, 0.15) is 0 Å². The van der Waals surface area contributed by atoms with Crippen molar-refractivity contribution in [2.45, 2.75) is 40.2 Å². The minimum atomic E-state index is -0.390. The Morgan fingerprint density at radius 1 is 1.23 bits per heavy atom. The lowest BCUT2D eigenvalue weighted by Crippen LogP contribution is -2.10. The number of hydrogen-bond donors (Lipinski definition) is 2. The van der Waals surface area contributed by atoms with Crippen molar-refractivity contribution in [2.75, 3.05) is 6.61 Å². The molecule has 0 radical (unpaired) electrons. The van der Waals surface area contributed by atoms with Crippen molar-refractivity contribution < 1.29 is 10.2 Å². The smallest absolute Gasteiger partial charge is 0.0695 e. The van der Waals surface area contributed by atoms with E-state index >= 15 is 0 Å². The summed E-state index contributed by atoms with van der Waals surface area (Å²) < 4.78 is 0. The van der Waals surface area contributed by atoms with Gasteiger partial charge in [0.15, 0.2) is 0 Å². The van der Waals surface area contributed by atoms with Gasteiger partial charge >= 0.3 is 0 Å². The molecule has 0 unspecified atom stereocenters. The molecule has 2 nitrogen and oxygen atoms in total. The second-order valence-electron chi connectivity index (χ2n) is 3.98.